The quantitative estimate of drug-likeness (QED) is 0.654. The maximum atomic E-state index is 13.1. The fourth-order valence-electron chi connectivity index (χ4n) is 1.78. The first kappa shape index (κ1) is 16.1. The van der Waals surface area contributed by atoms with Gasteiger partial charge in [-0.05, 0) is 45.8 Å². The van der Waals surface area contributed by atoms with Crippen molar-refractivity contribution in [1.29, 1.82) is 0 Å². The Morgan fingerprint density at radius 1 is 1.14 bits per heavy atom. The fourth-order valence-corrected chi connectivity index (χ4v) is 2.45. The molecular weight excluding hydrogens is 374 g/mol. The second kappa shape index (κ2) is 6.23. The normalized spacial score (nSPS) is 11.5. The molecule has 0 saturated heterocycles. The zero-order valence-corrected chi connectivity index (χ0v) is 12.8. The van der Waals surface area contributed by atoms with Crippen molar-refractivity contribution >= 4 is 33.2 Å². The summed E-state index contributed by atoms with van der Waals surface area (Å²) in [5.41, 5.74) is -0.403. The Morgan fingerprint density at radius 3 is 2.48 bits per heavy atom. The molecule has 0 amide bonds. The van der Waals surface area contributed by atoms with E-state index < -0.39 is 17.6 Å². The highest BCUT2D eigenvalue weighted by atomic mass is 79.9. The van der Waals surface area contributed by atoms with Gasteiger partial charge in [0, 0.05) is 6.54 Å². The van der Waals surface area contributed by atoms with E-state index in [0.717, 1.165) is 6.07 Å². The SMILES string of the molecule is Fc1ccc(CNc2c(Cl)cccc2C(F)(F)F)cc1Br. The number of anilines is 1. The molecule has 0 atom stereocenters. The van der Waals surface area contributed by atoms with Crippen LogP contribution in [0.2, 0.25) is 5.02 Å². The van der Waals surface area contributed by atoms with Crippen LogP contribution in [0, 0.1) is 5.82 Å². The van der Waals surface area contributed by atoms with Crippen LogP contribution in [0.1, 0.15) is 11.1 Å². The Balaban J connectivity index is 2.25. The minimum absolute atomic E-state index is 0.0222. The molecule has 0 fully saturated rings. The summed E-state index contributed by atoms with van der Waals surface area (Å²) in [6, 6.07) is 7.78. The molecule has 2 rings (SSSR count). The Bertz CT molecular complexity index is 658. The van der Waals surface area contributed by atoms with Gasteiger partial charge in [-0.25, -0.2) is 4.39 Å². The van der Waals surface area contributed by atoms with Crippen LogP contribution in [0.3, 0.4) is 0 Å². The van der Waals surface area contributed by atoms with Crippen molar-refractivity contribution in [1.82, 2.24) is 0 Å². The van der Waals surface area contributed by atoms with Gasteiger partial charge < -0.3 is 5.32 Å². The molecule has 0 spiro atoms. The van der Waals surface area contributed by atoms with E-state index >= 15 is 0 Å². The summed E-state index contributed by atoms with van der Waals surface area (Å²) in [5, 5.41) is 2.63. The molecule has 0 aliphatic rings. The van der Waals surface area contributed by atoms with Crippen LogP contribution in [-0.2, 0) is 12.7 Å². The van der Waals surface area contributed by atoms with E-state index in [-0.39, 0.29) is 21.7 Å². The Hall–Kier alpha value is -1.27. The van der Waals surface area contributed by atoms with Crippen LogP contribution in [-0.4, -0.2) is 0 Å². The van der Waals surface area contributed by atoms with Gasteiger partial charge in [0.05, 0.1) is 20.7 Å². The lowest BCUT2D eigenvalue weighted by molar-refractivity contribution is -0.136. The molecule has 112 valence electrons. The van der Waals surface area contributed by atoms with Crippen LogP contribution in [0.5, 0.6) is 0 Å². The number of para-hydroxylation sites is 1. The first-order valence-electron chi connectivity index (χ1n) is 5.82. The molecule has 0 radical (unpaired) electrons. The number of rotatable bonds is 3. The molecule has 2 aromatic rings. The number of hydrogen-bond donors (Lipinski definition) is 1. The van der Waals surface area contributed by atoms with Crippen molar-refractivity contribution < 1.29 is 17.6 Å². The zero-order valence-electron chi connectivity index (χ0n) is 10.4. The third kappa shape index (κ3) is 3.89. The summed E-state index contributed by atoms with van der Waals surface area (Å²) in [5.74, 6) is -0.438. The highest BCUT2D eigenvalue weighted by Crippen LogP contribution is 2.38. The van der Waals surface area contributed by atoms with E-state index in [9.17, 15) is 17.6 Å². The fraction of sp³-hybridized carbons (Fsp3) is 0.143. The van der Waals surface area contributed by atoms with E-state index in [4.69, 9.17) is 11.6 Å². The molecule has 0 aliphatic carbocycles. The van der Waals surface area contributed by atoms with Crippen molar-refractivity contribution in [3.8, 4) is 0 Å². The lowest BCUT2D eigenvalue weighted by Gasteiger charge is -2.16. The molecule has 7 heteroatoms. The summed E-state index contributed by atoms with van der Waals surface area (Å²) in [6.45, 7) is 0.0890. The van der Waals surface area contributed by atoms with Crippen molar-refractivity contribution in [3.05, 3.63) is 62.8 Å². The second-order valence-electron chi connectivity index (χ2n) is 4.26. The van der Waals surface area contributed by atoms with Crippen LogP contribution in [0.4, 0.5) is 23.2 Å². The topological polar surface area (TPSA) is 12.0 Å². The lowest BCUT2D eigenvalue weighted by atomic mass is 10.1. The molecule has 0 bridgehead atoms. The molecule has 21 heavy (non-hydrogen) atoms. The molecular formula is C14H9BrClF4N. The molecule has 2 aromatic carbocycles. The van der Waals surface area contributed by atoms with Gasteiger partial charge in [-0.3, -0.25) is 0 Å². The average molecular weight is 383 g/mol. The largest absolute Gasteiger partial charge is 0.418 e. The maximum absolute atomic E-state index is 13.1. The predicted octanol–water partition coefficient (Wildman–Crippen LogP) is 5.87. The van der Waals surface area contributed by atoms with Gasteiger partial charge in [-0.1, -0.05) is 23.7 Å². The molecule has 1 N–H and O–H groups in total. The Kier molecular flexibility index (Phi) is 4.78. The van der Waals surface area contributed by atoms with Crippen molar-refractivity contribution in [2.75, 3.05) is 5.32 Å². The van der Waals surface area contributed by atoms with Gasteiger partial charge in [0.2, 0.25) is 0 Å². The van der Waals surface area contributed by atoms with Gasteiger partial charge in [-0.15, -0.1) is 0 Å². The molecule has 1 nitrogen and oxygen atoms in total. The summed E-state index contributed by atoms with van der Waals surface area (Å²) < 4.78 is 52.1. The van der Waals surface area contributed by atoms with Crippen molar-refractivity contribution in [2.24, 2.45) is 0 Å². The standard InChI is InChI=1S/C14H9BrClF4N/c15-10-6-8(4-5-12(10)17)7-21-13-9(14(18,19)20)2-1-3-11(13)16/h1-6,21H,7H2. The summed E-state index contributed by atoms with van der Waals surface area (Å²) in [4.78, 5) is 0. The van der Waals surface area contributed by atoms with Crippen LogP contribution < -0.4 is 5.32 Å². The van der Waals surface area contributed by atoms with Crippen LogP contribution >= 0.6 is 27.5 Å². The van der Waals surface area contributed by atoms with Gasteiger partial charge in [0.15, 0.2) is 0 Å². The van der Waals surface area contributed by atoms with E-state index in [1.807, 2.05) is 0 Å². The van der Waals surface area contributed by atoms with E-state index in [2.05, 4.69) is 21.2 Å². The Morgan fingerprint density at radius 2 is 1.86 bits per heavy atom. The number of nitrogens with one attached hydrogen (secondary N) is 1. The number of benzene rings is 2. The van der Waals surface area contributed by atoms with E-state index in [1.165, 1.54) is 30.3 Å². The van der Waals surface area contributed by atoms with Crippen molar-refractivity contribution in [2.45, 2.75) is 12.7 Å². The highest BCUT2D eigenvalue weighted by molar-refractivity contribution is 9.10. The van der Waals surface area contributed by atoms with Crippen molar-refractivity contribution in [3.63, 3.8) is 0 Å². The zero-order chi connectivity index (χ0) is 15.6. The average Bonchev–Trinajstić information content (AvgIpc) is 2.40. The van der Waals surface area contributed by atoms with Crippen LogP contribution in [0.15, 0.2) is 40.9 Å². The number of halogens is 6. The summed E-state index contributed by atoms with van der Waals surface area (Å²) in [6.07, 6.45) is -4.50. The second-order valence-corrected chi connectivity index (χ2v) is 5.52. The predicted molar refractivity (Wildman–Crippen MR) is 77.9 cm³/mol. The van der Waals surface area contributed by atoms with E-state index in [1.54, 1.807) is 0 Å². The van der Waals surface area contributed by atoms with Gasteiger partial charge in [-0.2, -0.15) is 13.2 Å². The third-order valence-corrected chi connectivity index (χ3v) is 3.69. The lowest BCUT2D eigenvalue weighted by Crippen LogP contribution is -2.11. The summed E-state index contributed by atoms with van der Waals surface area (Å²) >= 11 is 8.85. The van der Waals surface area contributed by atoms with Gasteiger partial charge >= 0.3 is 6.18 Å². The highest BCUT2D eigenvalue weighted by Gasteiger charge is 2.34. The molecule has 0 unspecified atom stereocenters. The van der Waals surface area contributed by atoms with Gasteiger partial charge in [0.25, 0.3) is 0 Å². The number of alkyl halides is 3. The first-order chi connectivity index (χ1) is 9.79. The van der Waals surface area contributed by atoms with E-state index in [0.29, 0.717) is 5.56 Å². The third-order valence-electron chi connectivity index (χ3n) is 2.77. The smallest absolute Gasteiger partial charge is 0.379 e. The molecule has 0 saturated carbocycles. The molecule has 0 aromatic heterocycles. The minimum atomic E-state index is -4.50. The molecule has 0 aliphatic heterocycles. The monoisotopic (exact) mass is 381 g/mol. The maximum Gasteiger partial charge on any atom is 0.418 e. The van der Waals surface area contributed by atoms with Crippen LogP contribution in [0.25, 0.3) is 0 Å². The first-order valence-corrected chi connectivity index (χ1v) is 6.99. The number of hydrogen-bond acceptors (Lipinski definition) is 1. The molecule has 0 heterocycles. The minimum Gasteiger partial charge on any atom is -0.379 e. The van der Waals surface area contributed by atoms with Gasteiger partial charge in [0.1, 0.15) is 5.82 Å². The Labute approximate surface area is 132 Å². The summed E-state index contributed by atoms with van der Waals surface area (Å²) in [7, 11) is 0.